The van der Waals surface area contributed by atoms with E-state index in [1.165, 1.54) is 36.7 Å². The van der Waals surface area contributed by atoms with Gasteiger partial charge >= 0.3 is 0 Å². The second kappa shape index (κ2) is 4.43. The third-order valence-corrected chi connectivity index (χ3v) is 6.80. The van der Waals surface area contributed by atoms with Gasteiger partial charge in [-0.1, -0.05) is 0 Å². The maximum absolute atomic E-state index is 12.1. The minimum Gasteiger partial charge on any atom is -0.263 e. The maximum atomic E-state index is 12.1. The molecule has 0 fully saturated rings. The summed E-state index contributed by atoms with van der Waals surface area (Å²) in [5, 5.41) is 4.93. The minimum atomic E-state index is -3.89. The van der Waals surface area contributed by atoms with E-state index in [1.54, 1.807) is 0 Å². The summed E-state index contributed by atoms with van der Waals surface area (Å²) < 4.78 is 46.1. The Kier molecular flexibility index (Phi) is 3.23. The Labute approximate surface area is 108 Å². The lowest BCUT2D eigenvalue weighted by Gasteiger charge is -1.99. The molecular weight excluding hydrogens is 296 g/mol. The summed E-state index contributed by atoms with van der Waals surface area (Å²) in [6.45, 7) is 0. The number of hydrogen-bond acceptors (Lipinski definition) is 6. The van der Waals surface area contributed by atoms with Gasteiger partial charge in [0.05, 0.1) is 4.90 Å². The maximum Gasteiger partial charge on any atom is 0.247 e. The number of sulfone groups is 1. The molecule has 9 heteroatoms. The molecule has 0 radical (unpaired) electrons. The molecule has 0 saturated carbocycles. The quantitative estimate of drug-likeness (QED) is 0.894. The van der Waals surface area contributed by atoms with Crippen LogP contribution in [0.3, 0.4) is 0 Å². The van der Waals surface area contributed by atoms with Crippen LogP contribution >= 0.6 is 11.3 Å². The van der Waals surface area contributed by atoms with Gasteiger partial charge in [0.1, 0.15) is 8.42 Å². The van der Waals surface area contributed by atoms with Gasteiger partial charge in [-0.25, -0.2) is 22.0 Å². The Morgan fingerprint density at radius 1 is 1.06 bits per heavy atom. The molecule has 2 heterocycles. The predicted octanol–water partition coefficient (Wildman–Crippen LogP) is 0.623. The van der Waals surface area contributed by atoms with E-state index in [2.05, 4.69) is 4.98 Å². The molecule has 0 saturated heterocycles. The molecule has 2 aromatic rings. The van der Waals surface area contributed by atoms with Crippen LogP contribution in [0, 0.1) is 0 Å². The van der Waals surface area contributed by atoms with E-state index >= 15 is 0 Å². The van der Waals surface area contributed by atoms with Gasteiger partial charge in [-0.15, -0.1) is 11.3 Å². The average Bonchev–Trinajstić information content (AvgIpc) is 2.79. The van der Waals surface area contributed by atoms with E-state index < -0.39 is 19.9 Å². The lowest BCUT2D eigenvalue weighted by molar-refractivity contribution is 0.597. The highest BCUT2D eigenvalue weighted by molar-refractivity contribution is 7.95. The smallest absolute Gasteiger partial charge is 0.247 e. The van der Waals surface area contributed by atoms with Crippen molar-refractivity contribution in [2.24, 2.45) is 5.14 Å². The Morgan fingerprint density at radius 3 is 2.22 bits per heavy atom. The Bertz CT molecular complexity index is 763. The molecular formula is C9H8N2O4S3. The third kappa shape index (κ3) is 2.43. The van der Waals surface area contributed by atoms with E-state index in [1.807, 2.05) is 0 Å². The van der Waals surface area contributed by atoms with Gasteiger partial charge in [0.25, 0.3) is 0 Å². The van der Waals surface area contributed by atoms with Crippen molar-refractivity contribution in [1.29, 1.82) is 0 Å². The molecule has 2 aromatic heterocycles. The molecule has 0 aromatic carbocycles. The van der Waals surface area contributed by atoms with Crippen LogP contribution in [-0.2, 0) is 19.9 Å². The fourth-order valence-corrected chi connectivity index (χ4v) is 4.78. The van der Waals surface area contributed by atoms with Gasteiger partial charge in [-0.3, -0.25) is 4.98 Å². The summed E-state index contributed by atoms with van der Waals surface area (Å²) in [6, 6.07) is 5.26. The molecule has 0 atom stereocenters. The second-order valence-electron chi connectivity index (χ2n) is 3.31. The van der Waals surface area contributed by atoms with Crippen LogP contribution in [0.1, 0.15) is 0 Å². The zero-order valence-electron chi connectivity index (χ0n) is 8.85. The normalized spacial score (nSPS) is 12.5. The molecule has 0 spiro atoms. The van der Waals surface area contributed by atoms with Crippen LogP contribution in [0.15, 0.2) is 50.0 Å². The molecule has 2 N–H and O–H groups in total. The molecule has 2 rings (SSSR count). The van der Waals surface area contributed by atoms with Crippen molar-refractivity contribution in [3.8, 4) is 0 Å². The molecule has 0 bridgehead atoms. The monoisotopic (exact) mass is 304 g/mol. The van der Waals surface area contributed by atoms with Gasteiger partial charge in [-0.05, 0) is 24.3 Å². The fraction of sp³-hybridized carbons (Fsp3) is 0. The highest BCUT2D eigenvalue weighted by Crippen LogP contribution is 2.29. The molecule has 18 heavy (non-hydrogen) atoms. The molecule has 0 aliphatic heterocycles. The van der Waals surface area contributed by atoms with Gasteiger partial charge in [0.15, 0.2) is 0 Å². The van der Waals surface area contributed by atoms with E-state index in [4.69, 9.17) is 5.14 Å². The summed E-state index contributed by atoms with van der Waals surface area (Å²) in [7, 11) is -7.63. The van der Waals surface area contributed by atoms with Crippen molar-refractivity contribution in [3.05, 3.63) is 36.7 Å². The van der Waals surface area contributed by atoms with Crippen LogP contribution < -0.4 is 5.14 Å². The Balaban J connectivity index is 2.54. The number of primary sulfonamides is 1. The summed E-state index contributed by atoms with van der Waals surface area (Å²) >= 11 is 0.613. The predicted molar refractivity (Wildman–Crippen MR) is 65.4 cm³/mol. The zero-order chi connectivity index (χ0) is 13.4. The minimum absolute atomic E-state index is 0.00724. The van der Waals surface area contributed by atoms with Crippen LogP contribution in [0.4, 0.5) is 0 Å². The first kappa shape index (κ1) is 13.1. The number of sulfonamides is 1. The van der Waals surface area contributed by atoms with Crippen molar-refractivity contribution >= 4 is 31.2 Å². The summed E-state index contributed by atoms with van der Waals surface area (Å²) in [6.07, 6.45) is 2.65. The Hall–Kier alpha value is -1.29. The third-order valence-electron chi connectivity index (χ3n) is 2.05. The fourth-order valence-electron chi connectivity index (χ4n) is 1.22. The number of thiophene rings is 1. The largest absolute Gasteiger partial charge is 0.263 e. The van der Waals surface area contributed by atoms with E-state index in [0.29, 0.717) is 11.3 Å². The standard InChI is InChI=1S/C9H8N2O4S3/c10-18(14,15)9-4-3-8(16-9)17(12,13)7-2-1-5-11-6-7/h1-6H,(H2,10,14,15). The first-order chi connectivity index (χ1) is 8.32. The number of pyridine rings is 1. The van der Waals surface area contributed by atoms with Crippen LogP contribution in [0.2, 0.25) is 0 Å². The summed E-state index contributed by atoms with van der Waals surface area (Å²) in [4.78, 5) is 3.72. The number of rotatable bonds is 3. The molecule has 0 aliphatic rings. The van der Waals surface area contributed by atoms with Crippen LogP contribution in [0.25, 0.3) is 0 Å². The SMILES string of the molecule is NS(=O)(=O)c1ccc(S(=O)(=O)c2cccnc2)s1. The molecule has 96 valence electrons. The highest BCUT2D eigenvalue weighted by atomic mass is 32.3. The lowest BCUT2D eigenvalue weighted by Crippen LogP contribution is -2.09. The van der Waals surface area contributed by atoms with Gasteiger partial charge in [-0.2, -0.15) is 0 Å². The highest BCUT2D eigenvalue weighted by Gasteiger charge is 2.22. The van der Waals surface area contributed by atoms with Crippen molar-refractivity contribution in [1.82, 2.24) is 4.98 Å². The second-order valence-corrected chi connectivity index (χ2v) is 8.36. The molecule has 0 amide bonds. The van der Waals surface area contributed by atoms with Crippen molar-refractivity contribution in [2.45, 2.75) is 13.3 Å². The van der Waals surface area contributed by atoms with Gasteiger partial charge < -0.3 is 0 Å². The zero-order valence-corrected chi connectivity index (χ0v) is 11.3. The van der Waals surface area contributed by atoms with Gasteiger partial charge in [0, 0.05) is 12.4 Å². The molecule has 0 unspecified atom stereocenters. The van der Waals surface area contributed by atoms with Crippen molar-refractivity contribution < 1.29 is 16.8 Å². The summed E-state index contributed by atoms with van der Waals surface area (Å²) in [5.74, 6) is 0. The van der Waals surface area contributed by atoms with E-state index in [0.717, 1.165) is 0 Å². The van der Waals surface area contributed by atoms with E-state index in [-0.39, 0.29) is 13.3 Å². The van der Waals surface area contributed by atoms with Gasteiger partial charge in [0.2, 0.25) is 19.9 Å². The van der Waals surface area contributed by atoms with Crippen molar-refractivity contribution in [2.75, 3.05) is 0 Å². The summed E-state index contributed by atoms with van der Waals surface area (Å²) in [5.41, 5.74) is 0. The number of nitrogens with zero attached hydrogens (tertiary/aromatic N) is 1. The van der Waals surface area contributed by atoms with E-state index in [9.17, 15) is 16.8 Å². The Morgan fingerprint density at radius 2 is 1.72 bits per heavy atom. The molecule has 0 aliphatic carbocycles. The van der Waals surface area contributed by atoms with Crippen LogP contribution in [-0.4, -0.2) is 21.8 Å². The number of nitrogens with two attached hydrogens (primary N) is 1. The lowest BCUT2D eigenvalue weighted by atomic mass is 10.5. The van der Waals surface area contributed by atoms with Crippen molar-refractivity contribution in [3.63, 3.8) is 0 Å². The van der Waals surface area contributed by atoms with Crippen LogP contribution in [0.5, 0.6) is 0 Å². The number of hydrogen-bond donors (Lipinski definition) is 1. The first-order valence-corrected chi connectivity index (χ1v) is 8.44. The first-order valence-electron chi connectivity index (χ1n) is 4.59. The topological polar surface area (TPSA) is 107 Å². The average molecular weight is 304 g/mol. The number of aromatic nitrogens is 1. The molecule has 6 nitrogen and oxygen atoms in total.